The van der Waals surface area contributed by atoms with E-state index in [-0.39, 0.29) is 11.3 Å². The van der Waals surface area contributed by atoms with E-state index in [1.807, 2.05) is 4.90 Å². The van der Waals surface area contributed by atoms with Crippen molar-refractivity contribution in [2.24, 2.45) is 0 Å². The third-order valence-electron chi connectivity index (χ3n) is 2.86. The molecule has 16 heavy (non-hydrogen) atoms. The number of hydrogen-bond acceptors (Lipinski definition) is 2. The Bertz CT molecular complexity index is 425. The van der Waals surface area contributed by atoms with Crippen LogP contribution in [0.15, 0.2) is 12.1 Å². The minimum absolute atomic E-state index is 0.235. The fraction of sp³-hybridized carbons (Fsp3) is 0.417. The highest BCUT2D eigenvalue weighted by molar-refractivity contribution is 5.99. The Balaban J connectivity index is 2.48. The summed E-state index contributed by atoms with van der Waals surface area (Å²) in [5, 5.41) is 0. The molecule has 0 aromatic heterocycles. The highest BCUT2D eigenvalue weighted by Crippen LogP contribution is 2.27. The Labute approximate surface area is 92.9 Å². The smallest absolute Gasteiger partial charge is 0.161 e. The van der Waals surface area contributed by atoms with Crippen LogP contribution in [-0.2, 0) is 0 Å². The van der Waals surface area contributed by atoms with E-state index >= 15 is 0 Å². The molecule has 2 nitrogen and oxygen atoms in total. The van der Waals surface area contributed by atoms with Crippen LogP contribution in [0.2, 0.25) is 0 Å². The number of ketones is 1. The first-order valence-corrected chi connectivity index (χ1v) is 5.34. The van der Waals surface area contributed by atoms with Gasteiger partial charge in [0.05, 0.1) is 5.69 Å². The van der Waals surface area contributed by atoms with E-state index in [4.69, 9.17) is 0 Å². The van der Waals surface area contributed by atoms with Gasteiger partial charge in [-0.1, -0.05) is 0 Å². The number of carbonyl (C=O) groups excluding carboxylic acids is 1. The summed E-state index contributed by atoms with van der Waals surface area (Å²) < 4.78 is 26.2. The summed E-state index contributed by atoms with van der Waals surface area (Å²) in [5.41, 5.74) is 0.782. The summed E-state index contributed by atoms with van der Waals surface area (Å²) in [6.07, 6.45) is 2.05. The van der Waals surface area contributed by atoms with Crippen LogP contribution in [0.5, 0.6) is 0 Å². The van der Waals surface area contributed by atoms with E-state index in [9.17, 15) is 13.6 Å². The van der Waals surface area contributed by atoms with Gasteiger partial charge in [0, 0.05) is 24.7 Å². The molecule has 1 aromatic carbocycles. The third-order valence-corrected chi connectivity index (χ3v) is 2.86. The van der Waals surface area contributed by atoms with E-state index in [1.54, 1.807) is 0 Å². The lowest BCUT2D eigenvalue weighted by atomic mass is 10.1. The second-order valence-corrected chi connectivity index (χ2v) is 4.03. The number of halogens is 2. The Morgan fingerprint density at radius 2 is 1.75 bits per heavy atom. The Hall–Kier alpha value is -1.45. The maximum Gasteiger partial charge on any atom is 0.161 e. The van der Waals surface area contributed by atoms with Crippen molar-refractivity contribution in [2.45, 2.75) is 19.8 Å². The third kappa shape index (κ3) is 1.92. The molecule has 0 amide bonds. The molecule has 0 bridgehead atoms. The SMILES string of the molecule is CC(=O)c1cc(F)c(F)cc1N1CCCC1. The zero-order valence-corrected chi connectivity index (χ0v) is 9.09. The predicted octanol–water partition coefficient (Wildman–Crippen LogP) is 2.77. The number of nitrogens with zero attached hydrogens (tertiary/aromatic N) is 1. The second-order valence-electron chi connectivity index (χ2n) is 4.03. The van der Waals surface area contributed by atoms with Crippen molar-refractivity contribution >= 4 is 11.5 Å². The van der Waals surface area contributed by atoms with Gasteiger partial charge >= 0.3 is 0 Å². The van der Waals surface area contributed by atoms with Crippen LogP contribution >= 0.6 is 0 Å². The molecule has 4 heteroatoms. The average Bonchev–Trinajstić information content (AvgIpc) is 2.74. The van der Waals surface area contributed by atoms with Crippen LogP contribution in [0.25, 0.3) is 0 Å². The van der Waals surface area contributed by atoms with Gasteiger partial charge in [0.15, 0.2) is 17.4 Å². The Kier molecular flexibility index (Phi) is 2.90. The summed E-state index contributed by atoms with van der Waals surface area (Å²) in [7, 11) is 0. The minimum Gasteiger partial charge on any atom is -0.371 e. The maximum atomic E-state index is 13.2. The summed E-state index contributed by atoms with van der Waals surface area (Å²) in [4.78, 5) is 13.3. The molecule has 0 N–H and O–H groups in total. The highest BCUT2D eigenvalue weighted by atomic mass is 19.2. The predicted molar refractivity (Wildman–Crippen MR) is 57.8 cm³/mol. The average molecular weight is 225 g/mol. The molecule has 1 saturated heterocycles. The molecule has 1 aromatic rings. The van der Waals surface area contributed by atoms with Gasteiger partial charge < -0.3 is 4.90 Å². The standard InChI is InChI=1S/C12H13F2NO/c1-8(16)9-6-10(13)11(14)7-12(9)15-4-2-3-5-15/h6-7H,2-5H2,1H3. The number of Topliss-reactive ketones (excluding diaryl/α,β-unsaturated/α-hetero) is 1. The fourth-order valence-electron chi connectivity index (χ4n) is 2.04. The molecule has 1 aliphatic rings. The molecule has 0 atom stereocenters. The summed E-state index contributed by atoms with van der Waals surface area (Å²) in [6, 6.07) is 2.11. The van der Waals surface area contributed by atoms with Crippen LogP contribution in [0.3, 0.4) is 0 Å². The molecule has 86 valence electrons. The summed E-state index contributed by atoms with van der Waals surface area (Å²) >= 11 is 0. The van der Waals surface area contributed by atoms with Gasteiger partial charge in [-0.05, 0) is 25.8 Å². The van der Waals surface area contributed by atoms with Gasteiger partial charge in [0.1, 0.15) is 0 Å². The normalized spacial score (nSPS) is 15.6. The van der Waals surface area contributed by atoms with Gasteiger partial charge in [-0.2, -0.15) is 0 Å². The van der Waals surface area contributed by atoms with Crippen LogP contribution in [0, 0.1) is 11.6 Å². The van der Waals surface area contributed by atoms with Crippen molar-refractivity contribution in [2.75, 3.05) is 18.0 Å². The quantitative estimate of drug-likeness (QED) is 0.721. The van der Waals surface area contributed by atoms with Crippen molar-refractivity contribution in [3.8, 4) is 0 Å². The maximum absolute atomic E-state index is 13.2. The monoisotopic (exact) mass is 225 g/mol. The van der Waals surface area contributed by atoms with Crippen LogP contribution in [-0.4, -0.2) is 18.9 Å². The molecule has 1 fully saturated rings. The van der Waals surface area contributed by atoms with Gasteiger partial charge in [0.2, 0.25) is 0 Å². The number of rotatable bonds is 2. The van der Waals surface area contributed by atoms with Crippen LogP contribution in [0.4, 0.5) is 14.5 Å². The number of anilines is 1. The van der Waals surface area contributed by atoms with Gasteiger partial charge in [-0.15, -0.1) is 0 Å². The summed E-state index contributed by atoms with van der Waals surface area (Å²) in [6.45, 7) is 2.96. The van der Waals surface area contributed by atoms with Crippen molar-refractivity contribution in [1.29, 1.82) is 0 Å². The first-order valence-electron chi connectivity index (χ1n) is 5.34. The lowest BCUT2D eigenvalue weighted by Gasteiger charge is -2.20. The van der Waals surface area contributed by atoms with E-state index in [1.165, 1.54) is 6.92 Å². The first-order chi connectivity index (χ1) is 7.59. The molecule has 1 aliphatic heterocycles. The van der Waals surface area contributed by atoms with Crippen molar-refractivity contribution < 1.29 is 13.6 Å². The molecule has 0 saturated carbocycles. The van der Waals surface area contributed by atoms with Crippen molar-refractivity contribution in [1.82, 2.24) is 0 Å². The molecule has 0 aliphatic carbocycles. The van der Waals surface area contributed by atoms with E-state index in [0.717, 1.165) is 38.1 Å². The minimum atomic E-state index is -0.965. The van der Waals surface area contributed by atoms with E-state index in [0.29, 0.717) is 5.69 Å². The molecular formula is C12H13F2NO. The zero-order chi connectivity index (χ0) is 11.7. The van der Waals surface area contributed by atoms with Gasteiger partial charge in [-0.3, -0.25) is 4.79 Å². The number of benzene rings is 1. The van der Waals surface area contributed by atoms with E-state index < -0.39 is 11.6 Å². The lowest BCUT2D eigenvalue weighted by Crippen LogP contribution is -2.20. The molecule has 1 heterocycles. The van der Waals surface area contributed by atoms with Crippen LogP contribution in [0.1, 0.15) is 30.1 Å². The Morgan fingerprint density at radius 3 is 2.31 bits per heavy atom. The first kappa shape index (κ1) is 11.0. The van der Waals surface area contributed by atoms with E-state index in [2.05, 4.69) is 0 Å². The van der Waals surface area contributed by atoms with Gasteiger partial charge in [0.25, 0.3) is 0 Å². The fourth-order valence-corrected chi connectivity index (χ4v) is 2.04. The Morgan fingerprint density at radius 1 is 1.19 bits per heavy atom. The molecule has 0 unspecified atom stereocenters. The topological polar surface area (TPSA) is 20.3 Å². The molecule has 2 rings (SSSR count). The lowest BCUT2D eigenvalue weighted by molar-refractivity contribution is 0.101. The second kappa shape index (κ2) is 4.20. The largest absolute Gasteiger partial charge is 0.371 e. The number of carbonyl (C=O) groups is 1. The van der Waals surface area contributed by atoms with Crippen molar-refractivity contribution in [3.05, 3.63) is 29.3 Å². The zero-order valence-electron chi connectivity index (χ0n) is 9.09. The molecular weight excluding hydrogens is 212 g/mol. The number of hydrogen-bond donors (Lipinski definition) is 0. The molecule has 0 radical (unpaired) electrons. The summed E-state index contributed by atoms with van der Waals surface area (Å²) in [5.74, 6) is -2.10. The molecule has 0 spiro atoms. The van der Waals surface area contributed by atoms with Gasteiger partial charge in [-0.25, -0.2) is 8.78 Å². The van der Waals surface area contributed by atoms with Crippen molar-refractivity contribution in [3.63, 3.8) is 0 Å². The highest BCUT2D eigenvalue weighted by Gasteiger charge is 2.20. The van der Waals surface area contributed by atoms with Crippen LogP contribution < -0.4 is 4.90 Å².